The van der Waals surface area contributed by atoms with Crippen molar-refractivity contribution in [3.63, 3.8) is 0 Å². The van der Waals surface area contributed by atoms with E-state index in [2.05, 4.69) is 4.99 Å². The third kappa shape index (κ3) is 6.79. The molecule has 0 aromatic heterocycles. The maximum absolute atomic E-state index is 12.8. The van der Waals surface area contributed by atoms with Crippen LogP contribution in [-0.4, -0.2) is 58.1 Å². The number of hydrogen-bond acceptors (Lipinski definition) is 8. The van der Waals surface area contributed by atoms with E-state index in [9.17, 15) is 13.2 Å². The first-order valence-electron chi connectivity index (χ1n) is 11.7. The number of guanidine groups is 1. The summed E-state index contributed by atoms with van der Waals surface area (Å²) in [6.45, 7) is 1.54. The van der Waals surface area contributed by atoms with Gasteiger partial charge in [-0.2, -0.15) is 4.31 Å². The van der Waals surface area contributed by atoms with Crippen LogP contribution in [0.4, 0.5) is 5.69 Å². The molecule has 1 aliphatic rings. The monoisotopic (exact) mass is 540 g/mol. The van der Waals surface area contributed by atoms with Gasteiger partial charge in [-0.15, -0.1) is 0 Å². The number of carbonyl (C=O) groups is 1. The summed E-state index contributed by atoms with van der Waals surface area (Å²) in [5, 5.41) is 0. The van der Waals surface area contributed by atoms with Crippen molar-refractivity contribution in [2.75, 3.05) is 33.4 Å². The van der Waals surface area contributed by atoms with Crippen LogP contribution in [0.2, 0.25) is 0 Å². The molecule has 1 fully saturated rings. The summed E-state index contributed by atoms with van der Waals surface area (Å²) >= 11 is 0. The fraction of sp³-hybridized carbons (Fsp3) is 0.231. The molecule has 0 atom stereocenters. The molecular weight excluding hydrogens is 512 g/mol. The van der Waals surface area contributed by atoms with Crippen molar-refractivity contribution in [1.29, 1.82) is 0 Å². The zero-order valence-electron chi connectivity index (χ0n) is 20.7. The summed E-state index contributed by atoms with van der Waals surface area (Å²) in [5.74, 6) is 0.573. The lowest BCUT2D eigenvalue weighted by atomic mass is 10.2. The van der Waals surface area contributed by atoms with Crippen LogP contribution in [0, 0.1) is 0 Å². The molecule has 4 rings (SSSR count). The zero-order valence-corrected chi connectivity index (χ0v) is 21.5. The van der Waals surface area contributed by atoms with E-state index in [1.54, 1.807) is 54.6 Å². The van der Waals surface area contributed by atoms with Crippen molar-refractivity contribution < 1.29 is 32.2 Å². The van der Waals surface area contributed by atoms with Crippen molar-refractivity contribution in [1.82, 2.24) is 4.31 Å². The quantitative estimate of drug-likeness (QED) is 0.180. The van der Waals surface area contributed by atoms with Gasteiger partial charge in [0.15, 0.2) is 5.96 Å². The summed E-state index contributed by atoms with van der Waals surface area (Å²) in [4.78, 5) is 16.7. The second kappa shape index (κ2) is 11.9. The first kappa shape index (κ1) is 26.9. The second-order valence-electron chi connectivity index (χ2n) is 8.27. The van der Waals surface area contributed by atoms with Gasteiger partial charge < -0.3 is 30.4 Å². The van der Waals surface area contributed by atoms with Crippen molar-refractivity contribution in [3.05, 3.63) is 77.9 Å². The van der Waals surface area contributed by atoms with E-state index < -0.39 is 16.0 Å². The molecule has 0 bridgehead atoms. The van der Waals surface area contributed by atoms with Crippen LogP contribution in [0.5, 0.6) is 17.2 Å². The van der Waals surface area contributed by atoms with Crippen LogP contribution in [-0.2, 0) is 21.4 Å². The molecule has 11 nitrogen and oxygen atoms in total. The van der Waals surface area contributed by atoms with Gasteiger partial charge in [0.05, 0.1) is 36.5 Å². The minimum Gasteiger partial charge on any atom is -0.497 e. The largest absolute Gasteiger partial charge is 0.497 e. The number of benzene rings is 3. The Labute approximate surface area is 220 Å². The van der Waals surface area contributed by atoms with Gasteiger partial charge >= 0.3 is 5.97 Å². The SMILES string of the molecule is COc1cc(COc2ccc(S(=O)(=O)N3CCOCC3)cc2)cc(OC(=O)c2ccc(N=C(N)N)cc2)c1. The number of aliphatic imine (C=N–C) groups is 1. The molecule has 3 aromatic rings. The van der Waals surface area contributed by atoms with Crippen molar-refractivity contribution in [2.45, 2.75) is 11.5 Å². The predicted molar refractivity (Wildman–Crippen MR) is 140 cm³/mol. The Morgan fingerprint density at radius 3 is 2.24 bits per heavy atom. The van der Waals surface area contributed by atoms with E-state index in [0.717, 1.165) is 0 Å². The van der Waals surface area contributed by atoms with Gasteiger partial charge in [-0.1, -0.05) is 0 Å². The number of methoxy groups -OCH3 is 1. The number of carbonyl (C=O) groups excluding carboxylic acids is 1. The van der Waals surface area contributed by atoms with E-state index >= 15 is 0 Å². The van der Waals surface area contributed by atoms with Gasteiger partial charge in [0.25, 0.3) is 0 Å². The van der Waals surface area contributed by atoms with Gasteiger partial charge in [-0.3, -0.25) is 0 Å². The number of nitrogens with zero attached hydrogens (tertiary/aromatic N) is 2. The normalized spacial score (nSPS) is 13.9. The number of hydrogen-bond donors (Lipinski definition) is 2. The third-order valence-electron chi connectivity index (χ3n) is 5.58. The zero-order chi connectivity index (χ0) is 27.1. The fourth-order valence-electron chi connectivity index (χ4n) is 3.69. The molecule has 0 radical (unpaired) electrons. The average molecular weight is 541 g/mol. The van der Waals surface area contributed by atoms with Gasteiger partial charge in [0, 0.05) is 19.2 Å². The minimum atomic E-state index is -3.59. The first-order chi connectivity index (χ1) is 18.2. The Morgan fingerprint density at radius 1 is 0.947 bits per heavy atom. The molecule has 200 valence electrons. The van der Waals surface area contributed by atoms with Crippen LogP contribution in [0.1, 0.15) is 15.9 Å². The highest BCUT2D eigenvalue weighted by molar-refractivity contribution is 7.89. The van der Waals surface area contributed by atoms with Crippen LogP contribution in [0.3, 0.4) is 0 Å². The van der Waals surface area contributed by atoms with Crippen molar-refractivity contribution in [3.8, 4) is 17.2 Å². The summed E-state index contributed by atoms with van der Waals surface area (Å²) in [5.41, 5.74) is 12.2. The summed E-state index contributed by atoms with van der Waals surface area (Å²) < 4.78 is 48.9. The van der Waals surface area contributed by atoms with E-state index in [0.29, 0.717) is 54.6 Å². The maximum Gasteiger partial charge on any atom is 0.343 e. The van der Waals surface area contributed by atoms with Crippen molar-refractivity contribution >= 4 is 27.6 Å². The average Bonchev–Trinajstić information content (AvgIpc) is 2.92. The van der Waals surface area contributed by atoms with Crippen LogP contribution >= 0.6 is 0 Å². The molecule has 3 aromatic carbocycles. The molecular formula is C26H28N4O7S. The number of morpholine rings is 1. The third-order valence-corrected chi connectivity index (χ3v) is 7.50. The molecule has 1 saturated heterocycles. The number of sulfonamides is 1. The first-order valence-corrected chi connectivity index (χ1v) is 13.1. The number of esters is 1. The topological polar surface area (TPSA) is 156 Å². The molecule has 0 amide bonds. The molecule has 12 heteroatoms. The van der Waals surface area contributed by atoms with Crippen LogP contribution in [0.25, 0.3) is 0 Å². The summed E-state index contributed by atoms with van der Waals surface area (Å²) in [6, 6.07) is 17.5. The smallest absolute Gasteiger partial charge is 0.343 e. The lowest BCUT2D eigenvalue weighted by molar-refractivity contribution is 0.0730. The van der Waals surface area contributed by atoms with E-state index in [4.69, 9.17) is 30.4 Å². The molecule has 0 saturated carbocycles. The Bertz CT molecular complexity index is 1400. The highest BCUT2D eigenvalue weighted by Gasteiger charge is 2.26. The Kier molecular flexibility index (Phi) is 8.46. The summed E-state index contributed by atoms with van der Waals surface area (Å²) in [6.07, 6.45) is 0. The number of ether oxygens (including phenoxy) is 4. The van der Waals surface area contributed by atoms with Crippen LogP contribution < -0.4 is 25.7 Å². The predicted octanol–water partition coefficient (Wildman–Crippen LogP) is 2.42. The van der Waals surface area contributed by atoms with Gasteiger partial charge in [-0.25, -0.2) is 18.2 Å². The molecule has 38 heavy (non-hydrogen) atoms. The standard InChI is InChI=1S/C26H28N4O7S/c1-34-22-14-18(15-23(16-22)37-25(31)19-2-4-20(5-3-19)29-26(27)28)17-36-21-6-8-24(9-7-21)38(32,33)30-10-12-35-13-11-30/h2-9,14-16H,10-13,17H2,1H3,(H4,27,28,29). The highest BCUT2D eigenvalue weighted by Crippen LogP contribution is 2.26. The van der Waals surface area contributed by atoms with Gasteiger partial charge in [-0.05, 0) is 66.2 Å². The van der Waals surface area contributed by atoms with Gasteiger partial charge in [0.2, 0.25) is 10.0 Å². The highest BCUT2D eigenvalue weighted by atomic mass is 32.2. The van der Waals surface area contributed by atoms with Crippen LogP contribution in [0.15, 0.2) is 76.6 Å². The van der Waals surface area contributed by atoms with E-state index in [1.165, 1.54) is 23.5 Å². The lowest BCUT2D eigenvalue weighted by Crippen LogP contribution is -2.40. The number of rotatable bonds is 9. The lowest BCUT2D eigenvalue weighted by Gasteiger charge is -2.26. The maximum atomic E-state index is 12.8. The summed E-state index contributed by atoms with van der Waals surface area (Å²) in [7, 11) is -2.09. The van der Waals surface area contributed by atoms with Crippen molar-refractivity contribution in [2.24, 2.45) is 16.5 Å². The second-order valence-corrected chi connectivity index (χ2v) is 10.2. The number of nitrogens with two attached hydrogens (primary N) is 2. The van der Waals surface area contributed by atoms with Gasteiger partial charge in [0.1, 0.15) is 23.9 Å². The fourth-order valence-corrected chi connectivity index (χ4v) is 5.10. The van der Waals surface area contributed by atoms with E-state index in [1.807, 2.05) is 0 Å². The molecule has 4 N–H and O–H groups in total. The minimum absolute atomic E-state index is 0.0829. The van der Waals surface area contributed by atoms with E-state index in [-0.39, 0.29) is 23.2 Å². The molecule has 1 heterocycles. The Morgan fingerprint density at radius 2 is 1.61 bits per heavy atom. The Balaban J connectivity index is 1.41. The Hall–Kier alpha value is -4.13. The molecule has 1 aliphatic heterocycles. The molecule has 0 unspecified atom stereocenters. The molecule has 0 aliphatic carbocycles. The molecule has 0 spiro atoms.